The Bertz CT molecular complexity index is 171. The van der Waals surface area contributed by atoms with Crippen molar-refractivity contribution < 1.29 is 29.0 Å². The molecule has 66 valence electrons. The van der Waals surface area contributed by atoms with Crippen LogP contribution in [0.15, 0.2) is 0 Å². The van der Waals surface area contributed by atoms with Crippen molar-refractivity contribution >= 4 is 13.6 Å². The minimum atomic E-state index is -4.32. The van der Waals surface area contributed by atoms with E-state index in [1.807, 2.05) is 0 Å². The molecule has 0 heterocycles. The van der Waals surface area contributed by atoms with Gasteiger partial charge in [0, 0.05) is 0 Å². The van der Waals surface area contributed by atoms with Gasteiger partial charge in [0.25, 0.3) is 0 Å². The molecule has 0 spiro atoms. The van der Waals surface area contributed by atoms with E-state index in [1.165, 1.54) is 0 Å². The molecule has 0 atom stereocenters. The van der Waals surface area contributed by atoms with E-state index in [0.29, 0.717) is 0 Å². The zero-order chi connectivity index (χ0) is 8.91. The molecule has 0 aliphatic heterocycles. The van der Waals surface area contributed by atoms with Crippen LogP contribution in [0.25, 0.3) is 0 Å². The van der Waals surface area contributed by atoms with Crippen LogP contribution in [0.4, 0.5) is 0 Å². The van der Waals surface area contributed by atoms with Crippen molar-refractivity contribution in [3.63, 3.8) is 0 Å². The Hall–Kier alpha value is -0.420. The van der Waals surface area contributed by atoms with Crippen molar-refractivity contribution in [3.05, 3.63) is 0 Å². The van der Waals surface area contributed by atoms with Gasteiger partial charge in [-0.3, -0.25) is 9.36 Å². The van der Waals surface area contributed by atoms with Gasteiger partial charge in [0.15, 0.2) is 0 Å². The molecule has 0 amide bonds. The average Bonchev–Trinajstić information content (AvgIpc) is 1.79. The molecule has 0 rings (SSSR count). The number of aliphatic hydroxyl groups is 1. The Morgan fingerprint density at radius 1 is 1.45 bits per heavy atom. The number of hydrogen-bond donors (Lipinski definition) is 3. The maximum absolute atomic E-state index is 10.4. The van der Waals surface area contributed by atoms with Crippen LogP contribution in [0, 0.1) is 0 Å². The molecule has 0 aliphatic rings. The van der Waals surface area contributed by atoms with E-state index in [9.17, 15) is 9.36 Å². The molecular weight excluding hydrogens is 175 g/mol. The highest BCUT2D eigenvalue weighted by atomic mass is 31.2. The molecule has 0 aromatic rings. The molecule has 0 aliphatic carbocycles. The van der Waals surface area contributed by atoms with E-state index >= 15 is 0 Å². The number of ether oxygens (including phenoxy) is 1. The average molecular weight is 184 g/mol. The first-order valence-electron chi connectivity index (χ1n) is 2.77. The van der Waals surface area contributed by atoms with Gasteiger partial charge >= 0.3 is 13.6 Å². The minimum absolute atomic E-state index is 0.237. The molecule has 7 heteroatoms. The van der Waals surface area contributed by atoms with Gasteiger partial charge in [0.2, 0.25) is 0 Å². The highest BCUT2D eigenvalue weighted by Crippen LogP contribution is 2.33. The third-order valence-corrected chi connectivity index (χ3v) is 1.36. The van der Waals surface area contributed by atoms with Crippen molar-refractivity contribution in [2.75, 3.05) is 19.4 Å². The highest BCUT2D eigenvalue weighted by molar-refractivity contribution is 7.52. The van der Waals surface area contributed by atoms with E-state index in [1.54, 1.807) is 0 Å². The van der Waals surface area contributed by atoms with Gasteiger partial charge in [-0.25, -0.2) is 0 Å². The Morgan fingerprint density at radius 3 is 2.36 bits per heavy atom. The van der Waals surface area contributed by atoms with Gasteiger partial charge in [-0.1, -0.05) is 0 Å². The minimum Gasteiger partial charge on any atom is -0.463 e. The summed E-state index contributed by atoms with van der Waals surface area (Å²) in [6.45, 7) is -0.592. The van der Waals surface area contributed by atoms with Gasteiger partial charge in [0.1, 0.15) is 12.8 Å². The number of carbonyl (C=O) groups is 1. The van der Waals surface area contributed by atoms with Crippen LogP contribution in [0.3, 0.4) is 0 Å². The summed E-state index contributed by atoms with van der Waals surface area (Å²) in [5.41, 5.74) is 0. The molecule has 0 unspecified atom stereocenters. The van der Waals surface area contributed by atoms with Crippen LogP contribution in [-0.4, -0.2) is 40.2 Å². The molecule has 3 N–H and O–H groups in total. The monoisotopic (exact) mass is 184 g/mol. The lowest BCUT2D eigenvalue weighted by atomic mass is 10.7. The van der Waals surface area contributed by atoms with Crippen LogP contribution in [-0.2, 0) is 14.1 Å². The number of aliphatic hydroxyl groups excluding tert-OH is 1. The summed E-state index contributed by atoms with van der Waals surface area (Å²) in [7, 11) is -4.32. The van der Waals surface area contributed by atoms with E-state index < -0.39 is 19.7 Å². The second-order valence-electron chi connectivity index (χ2n) is 1.77. The van der Waals surface area contributed by atoms with Crippen molar-refractivity contribution in [2.45, 2.75) is 0 Å². The van der Waals surface area contributed by atoms with Crippen LogP contribution in [0.5, 0.6) is 0 Å². The first-order valence-corrected chi connectivity index (χ1v) is 4.56. The van der Waals surface area contributed by atoms with E-state index in [0.717, 1.165) is 0 Å². The fourth-order valence-electron chi connectivity index (χ4n) is 0.373. The van der Waals surface area contributed by atoms with Crippen molar-refractivity contribution in [3.8, 4) is 0 Å². The van der Waals surface area contributed by atoms with E-state index in [-0.39, 0.29) is 13.2 Å². The molecule has 6 nitrogen and oxygen atoms in total. The quantitative estimate of drug-likeness (QED) is 0.370. The molecule has 0 saturated heterocycles. The van der Waals surface area contributed by atoms with E-state index in [4.69, 9.17) is 14.9 Å². The third-order valence-electron chi connectivity index (χ3n) is 0.689. The standard InChI is InChI=1S/C4H9O6P/c5-1-2-10-4(6)3-11(7,8)9/h5H,1-3H2,(H2,7,8,9). The maximum atomic E-state index is 10.4. The topological polar surface area (TPSA) is 104 Å². The van der Waals surface area contributed by atoms with Gasteiger partial charge in [-0.2, -0.15) is 0 Å². The molecular formula is C4H9O6P. The molecule has 11 heavy (non-hydrogen) atoms. The highest BCUT2D eigenvalue weighted by Gasteiger charge is 2.19. The van der Waals surface area contributed by atoms with Gasteiger partial charge in [-0.05, 0) is 0 Å². The second kappa shape index (κ2) is 4.46. The fraction of sp³-hybridized carbons (Fsp3) is 0.750. The lowest BCUT2D eigenvalue weighted by molar-refractivity contribution is -0.141. The van der Waals surface area contributed by atoms with Crippen molar-refractivity contribution in [1.82, 2.24) is 0 Å². The maximum Gasteiger partial charge on any atom is 0.336 e. The Labute approximate surface area is 63.0 Å². The number of carbonyl (C=O) groups excluding carboxylic acids is 1. The molecule has 0 aromatic heterocycles. The first-order chi connectivity index (χ1) is 4.95. The van der Waals surface area contributed by atoms with Crippen LogP contribution in [0.1, 0.15) is 0 Å². The van der Waals surface area contributed by atoms with Gasteiger partial charge < -0.3 is 19.6 Å². The molecule has 0 bridgehead atoms. The SMILES string of the molecule is O=C(CP(=O)(O)O)OCCO. The van der Waals surface area contributed by atoms with Crippen LogP contribution in [0.2, 0.25) is 0 Å². The largest absolute Gasteiger partial charge is 0.463 e. The number of esters is 1. The number of rotatable bonds is 4. The van der Waals surface area contributed by atoms with Gasteiger partial charge in [0.05, 0.1) is 6.61 Å². The molecule has 0 fully saturated rings. The second-order valence-corrected chi connectivity index (χ2v) is 3.41. The Balaban J connectivity index is 3.62. The summed E-state index contributed by atoms with van der Waals surface area (Å²) < 4.78 is 14.3. The smallest absolute Gasteiger partial charge is 0.336 e. The van der Waals surface area contributed by atoms with Crippen LogP contribution >= 0.6 is 7.60 Å². The van der Waals surface area contributed by atoms with Crippen molar-refractivity contribution in [2.24, 2.45) is 0 Å². The number of hydrogen-bond acceptors (Lipinski definition) is 4. The summed E-state index contributed by atoms with van der Waals surface area (Å²) in [6.07, 6.45) is -0.938. The summed E-state index contributed by atoms with van der Waals surface area (Å²) in [6, 6.07) is 0. The zero-order valence-electron chi connectivity index (χ0n) is 5.63. The lowest BCUT2D eigenvalue weighted by Crippen LogP contribution is -2.12. The lowest BCUT2D eigenvalue weighted by Gasteiger charge is -2.03. The third kappa shape index (κ3) is 7.48. The summed E-state index contributed by atoms with van der Waals surface area (Å²) >= 11 is 0. The summed E-state index contributed by atoms with van der Waals surface area (Å²) in [5, 5.41) is 8.14. The molecule has 0 aromatic carbocycles. The predicted octanol–water partition coefficient (Wildman–Crippen LogP) is -1.30. The van der Waals surface area contributed by atoms with E-state index in [2.05, 4.69) is 4.74 Å². The fourth-order valence-corrected chi connectivity index (χ4v) is 0.801. The van der Waals surface area contributed by atoms with Gasteiger partial charge in [-0.15, -0.1) is 0 Å². The molecule has 0 saturated carbocycles. The summed E-state index contributed by atoms with van der Waals surface area (Å²) in [5.74, 6) is -1.01. The normalized spacial score (nSPS) is 11.2. The Kier molecular flexibility index (Phi) is 4.29. The predicted molar refractivity (Wildman–Crippen MR) is 35.0 cm³/mol. The zero-order valence-corrected chi connectivity index (χ0v) is 6.53. The summed E-state index contributed by atoms with van der Waals surface area (Å²) in [4.78, 5) is 26.9. The first kappa shape index (κ1) is 10.6. The van der Waals surface area contributed by atoms with Crippen LogP contribution < -0.4 is 0 Å². The molecule has 0 radical (unpaired) electrons. The Morgan fingerprint density at radius 2 is 2.00 bits per heavy atom. The van der Waals surface area contributed by atoms with Crippen molar-refractivity contribution in [1.29, 1.82) is 0 Å².